The van der Waals surface area contributed by atoms with Crippen LogP contribution in [0.3, 0.4) is 0 Å². The maximum Gasteiger partial charge on any atom is 0.408 e. The van der Waals surface area contributed by atoms with Gasteiger partial charge in [-0.05, 0) is 62.8 Å². The minimum atomic E-state index is -1.17. The SMILES string of the molecule is COc1ccccc1[C@H](CC(=O)N1C[C@H](C2CCCCC2)C[C@H]1C(=O)NC(Cc1ccncc1)C(=O)O)NC(=O)OC(C)(C)C. The van der Waals surface area contributed by atoms with Crippen molar-refractivity contribution in [2.24, 2.45) is 11.8 Å². The van der Waals surface area contributed by atoms with Crippen LogP contribution in [0.15, 0.2) is 48.8 Å². The summed E-state index contributed by atoms with van der Waals surface area (Å²) in [5.41, 5.74) is 0.582. The van der Waals surface area contributed by atoms with E-state index in [-0.39, 0.29) is 24.7 Å². The predicted octanol–water partition coefficient (Wildman–Crippen LogP) is 4.66. The molecule has 4 rings (SSSR count). The Balaban J connectivity index is 1.58. The number of aliphatic carboxylic acids is 1. The largest absolute Gasteiger partial charge is 0.496 e. The van der Waals surface area contributed by atoms with Gasteiger partial charge in [-0.15, -0.1) is 0 Å². The van der Waals surface area contributed by atoms with Crippen LogP contribution in [0.25, 0.3) is 0 Å². The molecule has 1 aliphatic heterocycles. The van der Waals surface area contributed by atoms with Crippen LogP contribution >= 0.6 is 0 Å². The molecular formula is C34H46N4O7. The van der Waals surface area contributed by atoms with Gasteiger partial charge in [-0.1, -0.05) is 50.3 Å². The van der Waals surface area contributed by atoms with Crippen LogP contribution in [0, 0.1) is 11.8 Å². The molecule has 3 amide bonds. The van der Waals surface area contributed by atoms with Crippen molar-refractivity contribution in [2.75, 3.05) is 13.7 Å². The summed E-state index contributed by atoms with van der Waals surface area (Å²) in [5, 5.41) is 15.5. The lowest BCUT2D eigenvalue weighted by molar-refractivity contribution is -0.144. The van der Waals surface area contributed by atoms with Crippen molar-refractivity contribution < 1.29 is 33.8 Å². The second kappa shape index (κ2) is 15.2. The van der Waals surface area contributed by atoms with Crippen LogP contribution in [-0.2, 0) is 25.5 Å². The molecular weight excluding hydrogens is 576 g/mol. The van der Waals surface area contributed by atoms with Crippen LogP contribution < -0.4 is 15.4 Å². The quantitative estimate of drug-likeness (QED) is 0.328. The number of alkyl carbamates (subject to hydrolysis) is 1. The monoisotopic (exact) mass is 622 g/mol. The van der Waals surface area contributed by atoms with Crippen molar-refractivity contribution in [1.29, 1.82) is 0 Å². The van der Waals surface area contributed by atoms with E-state index in [1.165, 1.54) is 13.5 Å². The highest BCUT2D eigenvalue weighted by atomic mass is 16.6. The maximum absolute atomic E-state index is 14.1. The lowest BCUT2D eigenvalue weighted by Crippen LogP contribution is -2.52. The second-order valence-corrected chi connectivity index (χ2v) is 13.1. The van der Waals surface area contributed by atoms with Gasteiger partial charge in [0.25, 0.3) is 0 Å². The molecule has 0 bridgehead atoms. The molecule has 1 saturated carbocycles. The van der Waals surface area contributed by atoms with Gasteiger partial charge in [0.15, 0.2) is 0 Å². The first kappa shape index (κ1) is 33.7. The summed E-state index contributed by atoms with van der Waals surface area (Å²) in [4.78, 5) is 58.5. The van der Waals surface area contributed by atoms with E-state index < -0.39 is 41.7 Å². The summed E-state index contributed by atoms with van der Waals surface area (Å²) in [6.45, 7) is 5.67. The third-order valence-corrected chi connectivity index (χ3v) is 8.66. The number of methoxy groups -OCH3 is 1. The van der Waals surface area contributed by atoms with Gasteiger partial charge >= 0.3 is 12.1 Å². The molecule has 4 atom stereocenters. The number of ether oxygens (including phenoxy) is 2. The second-order valence-electron chi connectivity index (χ2n) is 13.1. The topological polar surface area (TPSA) is 147 Å². The number of benzene rings is 1. The average molecular weight is 623 g/mol. The number of para-hydroxylation sites is 1. The van der Waals surface area contributed by atoms with Crippen molar-refractivity contribution in [2.45, 2.75) is 95.9 Å². The Morgan fingerprint density at radius 1 is 1.00 bits per heavy atom. The predicted molar refractivity (Wildman–Crippen MR) is 167 cm³/mol. The molecule has 2 fully saturated rings. The highest BCUT2D eigenvalue weighted by Crippen LogP contribution is 2.38. The number of nitrogens with zero attached hydrogens (tertiary/aromatic N) is 2. The molecule has 0 spiro atoms. The van der Waals surface area contributed by atoms with Crippen LogP contribution in [0.1, 0.15) is 82.9 Å². The van der Waals surface area contributed by atoms with Gasteiger partial charge in [0.1, 0.15) is 23.4 Å². The van der Waals surface area contributed by atoms with Crippen LogP contribution in [0.4, 0.5) is 4.79 Å². The molecule has 2 aromatic rings. The van der Waals surface area contributed by atoms with Crippen molar-refractivity contribution in [3.8, 4) is 5.75 Å². The molecule has 11 heteroatoms. The van der Waals surface area contributed by atoms with Crippen LogP contribution in [0.2, 0.25) is 0 Å². The molecule has 11 nitrogen and oxygen atoms in total. The number of amides is 3. The van der Waals surface area contributed by atoms with Crippen molar-refractivity contribution >= 4 is 23.9 Å². The van der Waals surface area contributed by atoms with E-state index in [0.29, 0.717) is 30.2 Å². The van der Waals surface area contributed by atoms with Gasteiger partial charge < -0.3 is 30.1 Å². The third kappa shape index (κ3) is 9.42. The minimum absolute atomic E-state index is 0.0893. The number of hydrogen-bond acceptors (Lipinski definition) is 7. The van der Waals surface area contributed by atoms with E-state index >= 15 is 0 Å². The van der Waals surface area contributed by atoms with Crippen LogP contribution in [-0.4, -0.2) is 70.2 Å². The maximum atomic E-state index is 14.1. The lowest BCUT2D eigenvalue weighted by Gasteiger charge is -2.29. The fraction of sp³-hybridized carbons (Fsp3) is 0.559. The Labute approximate surface area is 265 Å². The van der Waals surface area contributed by atoms with Crippen molar-refractivity contribution in [1.82, 2.24) is 20.5 Å². The fourth-order valence-electron chi connectivity index (χ4n) is 6.50. The zero-order valence-corrected chi connectivity index (χ0v) is 26.7. The molecule has 1 saturated heterocycles. The fourth-order valence-corrected chi connectivity index (χ4v) is 6.50. The molecule has 2 aliphatic rings. The Morgan fingerprint density at radius 2 is 1.69 bits per heavy atom. The number of carboxylic acids is 1. The molecule has 3 N–H and O–H groups in total. The van der Waals surface area contributed by atoms with Gasteiger partial charge in [-0.25, -0.2) is 9.59 Å². The van der Waals surface area contributed by atoms with Gasteiger partial charge in [-0.3, -0.25) is 14.6 Å². The standard InChI is InChI=1S/C34H46N4O7/c1-34(2,3)45-33(43)37-26(25-12-8-9-13-29(25)44-4)20-30(39)38-21-24(23-10-6-5-7-11-23)19-28(38)31(40)36-27(32(41)42)18-22-14-16-35-17-15-22/h8-9,12-17,23-24,26-28H,5-7,10-11,18-21H2,1-4H3,(H,36,40)(H,37,43)(H,41,42)/t24-,26+,27?,28+/m1/s1. The van der Waals surface area contributed by atoms with E-state index in [1.807, 2.05) is 0 Å². The molecule has 1 aromatic heterocycles. The Hall–Kier alpha value is -4.15. The van der Waals surface area contributed by atoms with Crippen molar-refractivity contribution in [3.63, 3.8) is 0 Å². The van der Waals surface area contributed by atoms with E-state index in [9.17, 15) is 24.3 Å². The Kier molecular flexibility index (Phi) is 11.4. The molecule has 0 radical (unpaired) electrons. The number of pyridine rings is 1. The van der Waals surface area contributed by atoms with E-state index in [4.69, 9.17) is 9.47 Å². The molecule has 1 aliphatic carbocycles. The van der Waals surface area contributed by atoms with Crippen molar-refractivity contribution in [3.05, 3.63) is 59.9 Å². The molecule has 244 valence electrons. The van der Waals surface area contributed by atoms with E-state index in [2.05, 4.69) is 15.6 Å². The van der Waals surface area contributed by atoms with Gasteiger partial charge in [0, 0.05) is 30.9 Å². The average Bonchev–Trinajstić information content (AvgIpc) is 3.46. The van der Waals surface area contributed by atoms with Crippen LogP contribution in [0.5, 0.6) is 5.75 Å². The first-order valence-corrected chi connectivity index (χ1v) is 15.8. The number of rotatable bonds is 11. The summed E-state index contributed by atoms with van der Waals surface area (Å²) in [6.07, 6.45) is 8.40. The number of carbonyl (C=O) groups excluding carboxylic acids is 3. The molecule has 45 heavy (non-hydrogen) atoms. The number of aromatic nitrogens is 1. The number of nitrogens with one attached hydrogen (secondary N) is 2. The Bertz CT molecular complexity index is 1320. The summed E-state index contributed by atoms with van der Waals surface area (Å²) in [7, 11) is 1.52. The zero-order valence-electron chi connectivity index (χ0n) is 26.7. The van der Waals surface area contributed by atoms with Gasteiger partial charge in [-0.2, -0.15) is 0 Å². The highest BCUT2D eigenvalue weighted by molar-refractivity contribution is 5.91. The molecule has 1 unspecified atom stereocenters. The number of likely N-dealkylation sites (tertiary alicyclic amines) is 1. The normalized spacial score (nSPS) is 20.1. The zero-order chi connectivity index (χ0) is 32.6. The molecule has 2 heterocycles. The summed E-state index contributed by atoms with van der Waals surface area (Å²) in [5.74, 6) is -0.945. The third-order valence-electron chi connectivity index (χ3n) is 8.66. The first-order chi connectivity index (χ1) is 21.4. The van der Waals surface area contributed by atoms with Gasteiger partial charge in [0.05, 0.1) is 19.6 Å². The summed E-state index contributed by atoms with van der Waals surface area (Å²) >= 11 is 0. The molecule has 1 aromatic carbocycles. The van der Waals surface area contributed by atoms with Gasteiger partial charge in [0.2, 0.25) is 11.8 Å². The first-order valence-electron chi connectivity index (χ1n) is 15.8. The summed E-state index contributed by atoms with van der Waals surface area (Å²) < 4.78 is 11.0. The van der Waals surface area contributed by atoms with E-state index in [1.54, 1.807) is 74.5 Å². The lowest BCUT2D eigenvalue weighted by atomic mass is 9.79. The smallest absolute Gasteiger partial charge is 0.408 e. The number of carboxylic acid groups (broad SMARTS) is 1. The summed E-state index contributed by atoms with van der Waals surface area (Å²) in [6, 6.07) is 7.77. The number of carbonyl (C=O) groups is 4. The highest BCUT2D eigenvalue weighted by Gasteiger charge is 2.44. The minimum Gasteiger partial charge on any atom is -0.496 e. The number of hydrogen-bond donors (Lipinski definition) is 3. The Morgan fingerprint density at radius 3 is 2.33 bits per heavy atom. The van der Waals surface area contributed by atoms with E-state index in [0.717, 1.165) is 31.2 Å².